The van der Waals surface area contributed by atoms with E-state index in [0.717, 1.165) is 27.2 Å². The van der Waals surface area contributed by atoms with Crippen molar-refractivity contribution in [2.45, 2.75) is 243 Å². The molecule has 5 aliphatic carbocycles. The highest BCUT2D eigenvalue weighted by molar-refractivity contribution is 5.73. The molecule has 4 heterocycles. The molecule has 82 heavy (non-hydrogen) atoms. The molecule has 9 rings (SSSR count). The van der Waals surface area contributed by atoms with Gasteiger partial charge in [0, 0.05) is 31.6 Å². The minimum absolute atomic E-state index is 0.0968. The lowest BCUT2D eigenvalue weighted by molar-refractivity contribution is -0.367. The zero-order valence-electron chi connectivity index (χ0n) is 48.4. The lowest BCUT2D eigenvalue weighted by Crippen LogP contribution is -2.69. The van der Waals surface area contributed by atoms with Gasteiger partial charge in [-0.1, -0.05) is 60.1 Å². The quantitative estimate of drug-likeness (QED) is 0.0506. The normalized spacial score (nSPS) is 50.9. The number of aliphatic hydroxyl groups is 9. The maximum absolute atomic E-state index is 12.4. The van der Waals surface area contributed by atoms with Crippen LogP contribution >= 0.6 is 0 Å². The van der Waals surface area contributed by atoms with Gasteiger partial charge in [0.1, 0.15) is 54.9 Å². The fourth-order valence-corrected chi connectivity index (χ4v) is 16.8. The molecule has 0 aromatic carbocycles. The Morgan fingerprint density at radius 2 is 1.20 bits per heavy atom. The number of fused-ring (bicyclic) bond motifs is 7. The number of carbonyl (C=O) groups excluding carboxylic acids is 3. The second kappa shape index (κ2) is 23.2. The van der Waals surface area contributed by atoms with Crippen LogP contribution in [0.25, 0.3) is 0 Å². The van der Waals surface area contributed by atoms with Crippen LogP contribution in [0.15, 0.2) is 11.6 Å². The van der Waals surface area contributed by atoms with Gasteiger partial charge in [-0.2, -0.15) is 0 Å². The number of aliphatic hydroxyl groups excluding tert-OH is 9. The number of aliphatic carboxylic acids is 1. The number of esters is 3. The second-order valence-corrected chi connectivity index (χ2v) is 26.8. The SMILES string of the molecule is CC(=O)O[C@@H]1[C@@H](OC(C)=O)[C@H](O[C@@H]2[C@@H](O)[C@H](O[C@@H]3[C@H](O)C(C)(C)C[C@H]4C5=CC[C@@H]6[C@@]7(C)CC[C@H](O[C@@H]8O[C@H](C(=O)O)[C@@H](O)[C@H](O)[C@H]8O[C@@H]8OC[C@H](O)[C@H](O)[C@H]8O)[C@](C)(CO)[C@@H]7CC[C@@]6(C)[C@]5(C)CC[C@@]34C)OC[C@@H]2O)OC[C@H]1OC(C)=O. The van der Waals surface area contributed by atoms with Gasteiger partial charge in [-0.25, -0.2) is 4.79 Å². The summed E-state index contributed by atoms with van der Waals surface area (Å²) in [6, 6.07) is 0. The monoisotopic (exact) mass is 1170 g/mol. The number of carboxylic acid groups (broad SMARTS) is 1. The van der Waals surface area contributed by atoms with Gasteiger partial charge in [0.2, 0.25) is 0 Å². The van der Waals surface area contributed by atoms with E-state index >= 15 is 0 Å². The first-order valence-corrected chi connectivity index (χ1v) is 28.9. The van der Waals surface area contributed by atoms with Crippen LogP contribution in [0.3, 0.4) is 0 Å². The zero-order valence-corrected chi connectivity index (χ0v) is 48.4. The highest BCUT2D eigenvalue weighted by Gasteiger charge is 2.71. The Bertz CT molecular complexity index is 2390. The summed E-state index contributed by atoms with van der Waals surface area (Å²) in [5.74, 6) is -4.05. The van der Waals surface area contributed by atoms with Crippen molar-refractivity contribution in [2.24, 2.45) is 50.2 Å². The Morgan fingerprint density at radius 1 is 0.585 bits per heavy atom. The summed E-state index contributed by atoms with van der Waals surface area (Å²) in [6.45, 7) is 16.9. The van der Waals surface area contributed by atoms with E-state index in [0.29, 0.717) is 44.9 Å². The molecule has 28 atom stereocenters. The van der Waals surface area contributed by atoms with E-state index in [-0.39, 0.29) is 53.8 Å². The van der Waals surface area contributed by atoms with Gasteiger partial charge in [0.15, 0.2) is 49.6 Å². The molecule has 0 radical (unpaired) electrons. The zero-order chi connectivity index (χ0) is 60.1. The van der Waals surface area contributed by atoms with E-state index < -0.39 is 170 Å². The van der Waals surface area contributed by atoms with Gasteiger partial charge >= 0.3 is 23.9 Å². The molecule has 10 N–H and O–H groups in total. The molecule has 8 fully saturated rings. The van der Waals surface area contributed by atoms with E-state index in [1.165, 1.54) is 5.57 Å². The predicted octanol–water partition coefficient (Wildman–Crippen LogP) is 0.102. The third-order valence-corrected chi connectivity index (χ3v) is 21.5. The fourth-order valence-electron chi connectivity index (χ4n) is 16.8. The third kappa shape index (κ3) is 10.8. The first kappa shape index (κ1) is 63.4. The predicted molar refractivity (Wildman–Crippen MR) is 277 cm³/mol. The van der Waals surface area contributed by atoms with Gasteiger partial charge in [-0.3, -0.25) is 14.4 Å². The molecule has 0 amide bonds. The Kier molecular flexibility index (Phi) is 18.0. The van der Waals surface area contributed by atoms with E-state index in [4.69, 9.17) is 52.1 Å². The highest BCUT2D eigenvalue weighted by Crippen LogP contribution is 2.76. The Labute approximate surface area is 476 Å². The molecule has 466 valence electrons. The van der Waals surface area contributed by atoms with Crippen molar-refractivity contribution >= 4 is 23.9 Å². The molecule has 25 nitrogen and oxygen atoms in total. The number of ether oxygens (including phenoxy) is 11. The van der Waals surface area contributed by atoms with Crippen LogP contribution in [-0.2, 0) is 71.3 Å². The molecule has 4 saturated carbocycles. The lowest BCUT2D eigenvalue weighted by atomic mass is 9.33. The summed E-state index contributed by atoms with van der Waals surface area (Å²) in [6.07, 6.45) is -22.7. The fraction of sp³-hybridized carbons (Fsp3) is 0.895. The third-order valence-electron chi connectivity index (χ3n) is 21.5. The van der Waals surface area contributed by atoms with Gasteiger partial charge in [0.25, 0.3) is 0 Å². The average Bonchev–Trinajstić information content (AvgIpc) is 1.00. The summed E-state index contributed by atoms with van der Waals surface area (Å²) in [4.78, 5) is 49.0. The van der Waals surface area contributed by atoms with E-state index in [9.17, 15) is 70.2 Å². The molecule has 0 spiro atoms. The summed E-state index contributed by atoms with van der Waals surface area (Å²) >= 11 is 0. The molecule has 0 aromatic rings. The Morgan fingerprint density at radius 3 is 1.83 bits per heavy atom. The minimum atomic E-state index is -1.99. The van der Waals surface area contributed by atoms with Crippen LogP contribution in [0, 0.1) is 50.2 Å². The smallest absolute Gasteiger partial charge is 0.335 e. The van der Waals surface area contributed by atoms with E-state index in [1.54, 1.807) is 0 Å². The maximum atomic E-state index is 12.4. The second-order valence-electron chi connectivity index (χ2n) is 26.8. The standard InChI is InChI=1S/C57H88O25/c1-24(59)75-31-22-74-50(44(77-26(3)61)41(31)76-25(2)60)79-40-30(63)21-73-49(39(40)68)82-46-45(69)52(4,5)19-28-27-11-12-33-54(7)15-14-34(55(8,23-58)32(54)13-16-57(33,10)56(27,9)18-17-53(28,46)6)78-51-43(37(66)36(65)42(80-51)47(70)71)81-48-38(67)35(64)29(62)20-72-48/h11,28-46,48-51,58,62-69H,12-23H2,1-10H3,(H,70,71)/t28-,29-,30-,31+,32+,33+,34-,35-,36-,37-,38+,39+,40-,41-,42-,43+,44+,45-,46+,48-,49-,50-,51+,53+,54-,55+,56+,57+/m0/s1. The summed E-state index contributed by atoms with van der Waals surface area (Å²) in [7, 11) is 0. The Balaban J connectivity index is 0.949. The molecule has 4 aliphatic heterocycles. The van der Waals surface area contributed by atoms with Crippen LogP contribution in [0.2, 0.25) is 0 Å². The van der Waals surface area contributed by atoms with Gasteiger partial charge in [-0.05, 0) is 90.8 Å². The molecular weight excluding hydrogens is 1080 g/mol. The topological polar surface area (TPSA) is 372 Å². The van der Waals surface area contributed by atoms with Crippen LogP contribution in [0.4, 0.5) is 0 Å². The van der Waals surface area contributed by atoms with Gasteiger partial charge in [0.05, 0.1) is 44.7 Å². The number of carbonyl (C=O) groups is 4. The summed E-state index contributed by atoms with van der Waals surface area (Å²) in [5.41, 5.74) is -2.16. The van der Waals surface area contributed by atoms with Crippen LogP contribution < -0.4 is 0 Å². The molecule has 0 bridgehead atoms. The molecule has 0 unspecified atom stereocenters. The number of rotatable bonds is 13. The minimum Gasteiger partial charge on any atom is -0.479 e. The van der Waals surface area contributed by atoms with Crippen LogP contribution in [0.1, 0.15) is 121 Å². The molecule has 25 heteroatoms. The van der Waals surface area contributed by atoms with E-state index in [1.807, 2.05) is 20.8 Å². The molecule has 0 aromatic heterocycles. The highest BCUT2D eigenvalue weighted by atomic mass is 16.8. The average molecular weight is 1170 g/mol. The number of hydrogen-bond acceptors (Lipinski definition) is 24. The first-order chi connectivity index (χ1) is 38.3. The van der Waals surface area contributed by atoms with Crippen molar-refractivity contribution in [2.75, 3.05) is 26.4 Å². The van der Waals surface area contributed by atoms with Crippen molar-refractivity contribution < 1.29 is 122 Å². The number of carboxylic acids is 1. The molecular formula is C57H88O25. The summed E-state index contributed by atoms with van der Waals surface area (Å²) in [5, 5.41) is 111. The maximum Gasteiger partial charge on any atom is 0.335 e. The van der Waals surface area contributed by atoms with Crippen LogP contribution in [-0.4, -0.2) is 224 Å². The van der Waals surface area contributed by atoms with Crippen molar-refractivity contribution in [1.82, 2.24) is 0 Å². The lowest BCUT2D eigenvalue weighted by Gasteiger charge is -2.72. The van der Waals surface area contributed by atoms with Gasteiger partial charge in [-0.15, -0.1) is 0 Å². The molecule has 9 aliphatic rings. The van der Waals surface area contributed by atoms with Crippen molar-refractivity contribution in [3.8, 4) is 0 Å². The van der Waals surface area contributed by atoms with E-state index in [2.05, 4.69) is 33.8 Å². The van der Waals surface area contributed by atoms with Crippen molar-refractivity contribution in [3.63, 3.8) is 0 Å². The largest absolute Gasteiger partial charge is 0.479 e. The van der Waals surface area contributed by atoms with Crippen LogP contribution in [0.5, 0.6) is 0 Å². The van der Waals surface area contributed by atoms with Crippen molar-refractivity contribution in [3.05, 3.63) is 11.6 Å². The van der Waals surface area contributed by atoms with Gasteiger partial charge < -0.3 is 103 Å². The Hall–Kier alpha value is -3.06. The number of hydrogen-bond donors (Lipinski definition) is 10. The number of allylic oxidation sites excluding steroid dienone is 2. The first-order valence-electron chi connectivity index (χ1n) is 28.9. The molecule has 4 saturated heterocycles. The summed E-state index contributed by atoms with van der Waals surface area (Å²) < 4.78 is 65.1. The van der Waals surface area contributed by atoms with Crippen molar-refractivity contribution in [1.29, 1.82) is 0 Å².